The molecule has 106 valence electrons. The molecule has 1 atom stereocenters. The normalized spacial score (nSPS) is 11.8. The van der Waals surface area contributed by atoms with Crippen molar-refractivity contribution in [2.45, 2.75) is 6.10 Å². The van der Waals surface area contributed by atoms with Crippen molar-refractivity contribution in [3.8, 4) is 17.2 Å². The Labute approximate surface area is 117 Å². The molecule has 5 heteroatoms. The van der Waals surface area contributed by atoms with Crippen LogP contribution >= 0.6 is 0 Å². The van der Waals surface area contributed by atoms with Gasteiger partial charge in [-0.05, 0) is 29.8 Å². The van der Waals surface area contributed by atoms with Crippen LogP contribution in [-0.4, -0.2) is 31.4 Å². The van der Waals surface area contributed by atoms with E-state index < -0.39 is 6.10 Å². The second-order valence-corrected chi connectivity index (χ2v) is 4.14. The summed E-state index contributed by atoms with van der Waals surface area (Å²) in [6, 6.07) is 8.72. The Morgan fingerprint density at radius 1 is 1.00 bits per heavy atom. The fraction of sp³-hybridized carbons (Fsp3) is 0.267. The van der Waals surface area contributed by atoms with Crippen molar-refractivity contribution in [1.29, 1.82) is 0 Å². The average molecular weight is 275 g/mol. The lowest BCUT2D eigenvalue weighted by molar-refractivity contribution is 0.208. The van der Waals surface area contributed by atoms with E-state index in [9.17, 15) is 5.11 Å². The number of pyridine rings is 1. The standard InChI is InChI=1S/C15H17NO4/c1-18-11-7-10(8-12(9-11)19-2)15(17)14-13(20-3)5-4-6-16-14/h4-9,15,17H,1-3H3. The van der Waals surface area contributed by atoms with Crippen molar-refractivity contribution in [2.75, 3.05) is 21.3 Å². The molecule has 0 aliphatic carbocycles. The van der Waals surface area contributed by atoms with Gasteiger partial charge in [0.1, 0.15) is 29.0 Å². The summed E-state index contributed by atoms with van der Waals surface area (Å²) in [7, 11) is 4.66. The SMILES string of the molecule is COc1cc(OC)cc(C(O)c2ncccc2OC)c1. The van der Waals surface area contributed by atoms with Crippen LogP contribution in [0.25, 0.3) is 0 Å². The van der Waals surface area contributed by atoms with E-state index in [1.54, 1.807) is 57.9 Å². The summed E-state index contributed by atoms with van der Waals surface area (Å²) < 4.78 is 15.6. The second kappa shape index (κ2) is 6.25. The topological polar surface area (TPSA) is 60.8 Å². The predicted octanol–water partition coefficient (Wildman–Crippen LogP) is 2.19. The van der Waals surface area contributed by atoms with Gasteiger partial charge < -0.3 is 19.3 Å². The number of hydrogen-bond donors (Lipinski definition) is 1. The average Bonchev–Trinajstić information content (AvgIpc) is 2.53. The lowest BCUT2D eigenvalue weighted by Gasteiger charge is -2.15. The van der Waals surface area contributed by atoms with E-state index in [1.807, 2.05) is 0 Å². The molecular weight excluding hydrogens is 258 g/mol. The molecule has 0 aliphatic heterocycles. The van der Waals surface area contributed by atoms with E-state index >= 15 is 0 Å². The minimum absolute atomic E-state index is 0.449. The Balaban J connectivity index is 2.44. The summed E-state index contributed by atoms with van der Waals surface area (Å²) in [5.41, 5.74) is 1.07. The summed E-state index contributed by atoms with van der Waals surface area (Å²) in [4.78, 5) is 4.18. The monoisotopic (exact) mass is 275 g/mol. The largest absolute Gasteiger partial charge is 0.497 e. The molecule has 1 unspecified atom stereocenters. The number of methoxy groups -OCH3 is 3. The number of aliphatic hydroxyl groups excluding tert-OH is 1. The van der Waals surface area contributed by atoms with Crippen LogP contribution in [0.2, 0.25) is 0 Å². The van der Waals surface area contributed by atoms with E-state index in [2.05, 4.69) is 4.98 Å². The third-order valence-electron chi connectivity index (χ3n) is 2.97. The Morgan fingerprint density at radius 2 is 1.65 bits per heavy atom. The second-order valence-electron chi connectivity index (χ2n) is 4.14. The number of aliphatic hydroxyl groups is 1. The fourth-order valence-corrected chi connectivity index (χ4v) is 1.93. The minimum atomic E-state index is -0.921. The Kier molecular flexibility index (Phi) is 4.42. The number of hydrogen-bond acceptors (Lipinski definition) is 5. The van der Waals surface area contributed by atoms with Crippen LogP contribution in [0.15, 0.2) is 36.5 Å². The van der Waals surface area contributed by atoms with Gasteiger partial charge in [-0.3, -0.25) is 4.98 Å². The molecule has 1 heterocycles. The van der Waals surface area contributed by atoms with Crippen LogP contribution < -0.4 is 14.2 Å². The van der Waals surface area contributed by atoms with Gasteiger partial charge in [0.25, 0.3) is 0 Å². The van der Waals surface area contributed by atoms with E-state index in [0.29, 0.717) is 28.5 Å². The van der Waals surface area contributed by atoms with Gasteiger partial charge in [0.15, 0.2) is 0 Å². The molecule has 5 nitrogen and oxygen atoms in total. The van der Waals surface area contributed by atoms with E-state index in [0.717, 1.165) is 0 Å². The predicted molar refractivity (Wildman–Crippen MR) is 74.4 cm³/mol. The van der Waals surface area contributed by atoms with Crippen LogP contribution in [-0.2, 0) is 0 Å². The van der Waals surface area contributed by atoms with Gasteiger partial charge in [-0.15, -0.1) is 0 Å². The van der Waals surface area contributed by atoms with E-state index in [4.69, 9.17) is 14.2 Å². The molecule has 0 saturated heterocycles. The first-order valence-electron chi connectivity index (χ1n) is 6.09. The summed E-state index contributed by atoms with van der Waals surface area (Å²) >= 11 is 0. The zero-order valence-electron chi connectivity index (χ0n) is 11.7. The van der Waals surface area contributed by atoms with Crippen LogP contribution in [0.3, 0.4) is 0 Å². The highest BCUT2D eigenvalue weighted by Crippen LogP contribution is 2.32. The van der Waals surface area contributed by atoms with E-state index in [-0.39, 0.29) is 0 Å². The van der Waals surface area contributed by atoms with Crippen LogP contribution in [0.4, 0.5) is 0 Å². The van der Waals surface area contributed by atoms with Crippen LogP contribution in [0.5, 0.6) is 17.2 Å². The highest BCUT2D eigenvalue weighted by atomic mass is 16.5. The number of rotatable bonds is 5. The molecule has 2 rings (SSSR count). The van der Waals surface area contributed by atoms with Gasteiger partial charge in [-0.2, -0.15) is 0 Å². The molecule has 0 amide bonds. The molecule has 0 bridgehead atoms. The molecule has 20 heavy (non-hydrogen) atoms. The number of aromatic nitrogens is 1. The molecule has 1 N–H and O–H groups in total. The highest BCUT2D eigenvalue weighted by Gasteiger charge is 2.18. The smallest absolute Gasteiger partial charge is 0.143 e. The lowest BCUT2D eigenvalue weighted by Crippen LogP contribution is -2.05. The number of nitrogens with zero attached hydrogens (tertiary/aromatic N) is 1. The van der Waals surface area contributed by atoms with Crippen molar-refractivity contribution < 1.29 is 19.3 Å². The maximum atomic E-state index is 10.5. The van der Waals surface area contributed by atoms with Crippen molar-refractivity contribution >= 4 is 0 Å². The molecule has 0 spiro atoms. The van der Waals surface area contributed by atoms with E-state index in [1.165, 1.54) is 0 Å². The fourth-order valence-electron chi connectivity index (χ4n) is 1.93. The Morgan fingerprint density at radius 3 is 2.20 bits per heavy atom. The zero-order chi connectivity index (χ0) is 14.5. The molecular formula is C15H17NO4. The molecule has 0 aliphatic rings. The van der Waals surface area contributed by atoms with Crippen LogP contribution in [0, 0.1) is 0 Å². The lowest BCUT2D eigenvalue weighted by atomic mass is 10.0. The first kappa shape index (κ1) is 14.1. The van der Waals surface area contributed by atoms with Crippen molar-refractivity contribution in [2.24, 2.45) is 0 Å². The summed E-state index contributed by atoms with van der Waals surface area (Å²) in [6.07, 6.45) is 0.688. The summed E-state index contributed by atoms with van der Waals surface area (Å²) in [6.45, 7) is 0. The minimum Gasteiger partial charge on any atom is -0.497 e. The maximum Gasteiger partial charge on any atom is 0.143 e. The molecule has 1 aromatic carbocycles. The highest BCUT2D eigenvalue weighted by molar-refractivity contribution is 5.43. The van der Waals surface area contributed by atoms with Gasteiger partial charge in [-0.25, -0.2) is 0 Å². The Hall–Kier alpha value is -2.27. The van der Waals surface area contributed by atoms with Gasteiger partial charge in [-0.1, -0.05) is 0 Å². The first-order chi connectivity index (χ1) is 9.69. The van der Waals surface area contributed by atoms with Gasteiger partial charge in [0, 0.05) is 12.3 Å². The molecule has 0 radical (unpaired) electrons. The molecule has 2 aromatic rings. The summed E-state index contributed by atoms with van der Waals surface area (Å²) in [5.74, 6) is 1.74. The van der Waals surface area contributed by atoms with Gasteiger partial charge >= 0.3 is 0 Å². The third kappa shape index (κ3) is 2.83. The summed E-state index contributed by atoms with van der Waals surface area (Å²) in [5, 5.41) is 10.5. The van der Waals surface area contributed by atoms with Crippen molar-refractivity contribution in [3.63, 3.8) is 0 Å². The third-order valence-corrected chi connectivity index (χ3v) is 2.97. The van der Waals surface area contributed by atoms with Gasteiger partial charge in [0.2, 0.25) is 0 Å². The van der Waals surface area contributed by atoms with Crippen LogP contribution in [0.1, 0.15) is 17.4 Å². The Bertz CT molecular complexity index is 564. The molecule has 0 saturated carbocycles. The first-order valence-corrected chi connectivity index (χ1v) is 6.09. The quantitative estimate of drug-likeness (QED) is 0.906. The van der Waals surface area contributed by atoms with Crippen molar-refractivity contribution in [3.05, 3.63) is 47.8 Å². The zero-order valence-corrected chi connectivity index (χ0v) is 11.7. The number of benzene rings is 1. The maximum absolute atomic E-state index is 10.5. The number of ether oxygens (including phenoxy) is 3. The molecule has 1 aromatic heterocycles. The van der Waals surface area contributed by atoms with Crippen molar-refractivity contribution in [1.82, 2.24) is 4.98 Å². The van der Waals surface area contributed by atoms with Gasteiger partial charge in [0.05, 0.1) is 21.3 Å². The molecule has 0 fully saturated rings.